The van der Waals surface area contributed by atoms with Crippen molar-refractivity contribution in [1.82, 2.24) is 0 Å². The van der Waals surface area contributed by atoms with Gasteiger partial charge in [-0.25, -0.2) is 9.59 Å². The van der Waals surface area contributed by atoms with Gasteiger partial charge in [0, 0.05) is 0 Å². The third-order valence-corrected chi connectivity index (χ3v) is 1.47. The summed E-state index contributed by atoms with van der Waals surface area (Å²) < 4.78 is 0. The summed E-state index contributed by atoms with van der Waals surface area (Å²) in [5, 5.41) is 12.0. The Labute approximate surface area is 81.9 Å². The van der Waals surface area contributed by atoms with Gasteiger partial charge < -0.3 is 0 Å². The highest BCUT2D eigenvalue weighted by atomic mass is 17.0. The summed E-state index contributed by atoms with van der Waals surface area (Å²) in [6, 6.07) is 0. The van der Waals surface area contributed by atoms with Crippen LogP contribution < -0.4 is 0 Å². The number of unbranched alkanes of at least 4 members (excludes halogenated alkanes) is 2. The monoisotopic (exact) mass is 202 g/mol. The fourth-order valence-electron chi connectivity index (χ4n) is 0.857. The highest BCUT2D eigenvalue weighted by Crippen LogP contribution is 2.06. The normalized spacial score (nSPS) is 9.93. The number of nitrogens with zero attached hydrogens (tertiary/aromatic N) is 2. The molecule has 0 aromatic rings. The Morgan fingerprint density at radius 3 is 2.00 bits per heavy atom. The van der Waals surface area contributed by atoms with Crippen molar-refractivity contribution in [3.63, 3.8) is 0 Å². The first-order valence-corrected chi connectivity index (χ1v) is 4.19. The average molecular weight is 202 g/mol. The van der Waals surface area contributed by atoms with Gasteiger partial charge in [0.2, 0.25) is 12.2 Å². The number of rotatable bonds is 6. The lowest BCUT2D eigenvalue weighted by Gasteiger charge is -2.00. The zero-order chi connectivity index (χ0) is 11.2. The minimum atomic E-state index is -0.563. The SMILES string of the molecule is CCCCCC(N=C=O)N=C=O.OO. The first-order valence-electron chi connectivity index (χ1n) is 4.19. The van der Waals surface area contributed by atoms with E-state index in [0.29, 0.717) is 6.42 Å². The Bertz CT molecular complexity index is 189. The summed E-state index contributed by atoms with van der Waals surface area (Å²) in [6.07, 6.45) is 5.88. The van der Waals surface area contributed by atoms with Gasteiger partial charge in [0.1, 0.15) is 0 Å². The third kappa shape index (κ3) is 10.7. The molecule has 6 nitrogen and oxygen atoms in total. The van der Waals surface area contributed by atoms with E-state index in [1.807, 2.05) is 0 Å². The lowest BCUT2D eigenvalue weighted by molar-refractivity contribution is -0.176. The van der Waals surface area contributed by atoms with Crippen LogP contribution in [0.2, 0.25) is 0 Å². The fraction of sp³-hybridized carbons (Fsp3) is 0.750. The van der Waals surface area contributed by atoms with Crippen molar-refractivity contribution < 1.29 is 20.1 Å². The van der Waals surface area contributed by atoms with Crippen molar-refractivity contribution in [2.75, 3.05) is 0 Å². The smallest absolute Gasteiger partial charge is 0.237 e. The van der Waals surface area contributed by atoms with Gasteiger partial charge in [-0.3, -0.25) is 10.5 Å². The minimum Gasteiger partial charge on any atom is -0.255 e. The van der Waals surface area contributed by atoms with E-state index in [9.17, 15) is 9.59 Å². The fourth-order valence-corrected chi connectivity index (χ4v) is 0.857. The Hall–Kier alpha value is -1.32. The molecule has 14 heavy (non-hydrogen) atoms. The summed E-state index contributed by atoms with van der Waals surface area (Å²) in [4.78, 5) is 26.4. The van der Waals surface area contributed by atoms with E-state index < -0.39 is 6.17 Å². The van der Waals surface area contributed by atoms with Crippen LogP contribution in [-0.4, -0.2) is 28.8 Å². The van der Waals surface area contributed by atoms with E-state index in [1.165, 1.54) is 12.2 Å². The van der Waals surface area contributed by atoms with E-state index in [2.05, 4.69) is 16.9 Å². The highest BCUT2D eigenvalue weighted by molar-refractivity contribution is 5.36. The van der Waals surface area contributed by atoms with E-state index in [0.717, 1.165) is 19.3 Å². The molecule has 0 aromatic carbocycles. The summed E-state index contributed by atoms with van der Waals surface area (Å²) in [7, 11) is 0. The van der Waals surface area contributed by atoms with E-state index in [1.54, 1.807) is 0 Å². The van der Waals surface area contributed by atoms with Gasteiger partial charge >= 0.3 is 0 Å². The van der Waals surface area contributed by atoms with Crippen molar-refractivity contribution in [1.29, 1.82) is 0 Å². The van der Waals surface area contributed by atoms with Gasteiger partial charge in [-0.1, -0.05) is 19.8 Å². The summed E-state index contributed by atoms with van der Waals surface area (Å²) in [6.45, 7) is 2.07. The molecule has 0 fully saturated rings. The summed E-state index contributed by atoms with van der Waals surface area (Å²) in [5.74, 6) is 0. The molecular weight excluding hydrogens is 188 g/mol. The molecule has 0 unspecified atom stereocenters. The Balaban J connectivity index is 0. The Morgan fingerprint density at radius 2 is 1.64 bits per heavy atom. The first kappa shape index (κ1) is 15.2. The predicted molar refractivity (Wildman–Crippen MR) is 49.4 cm³/mol. The van der Waals surface area contributed by atoms with Crippen LogP contribution in [0.3, 0.4) is 0 Å². The second-order valence-electron chi connectivity index (χ2n) is 2.42. The number of hydrogen-bond acceptors (Lipinski definition) is 6. The third-order valence-electron chi connectivity index (χ3n) is 1.47. The van der Waals surface area contributed by atoms with Crippen molar-refractivity contribution in [2.24, 2.45) is 9.98 Å². The molecule has 0 spiro atoms. The van der Waals surface area contributed by atoms with Crippen LogP contribution in [0, 0.1) is 0 Å². The largest absolute Gasteiger partial charge is 0.255 e. The van der Waals surface area contributed by atoms with Crippen LogP contribution in [0.1, 0.15) is 32.6 Å². The van der Waals surface area contributed by atoms with E-state index in [-0.39, 0.29) is 0 Å². The second-order valence-corrected chi connectivity index (χ2v) is 2.42. The zero-order valence-corrected chi connectivity index (χ0v) is 8.01. The Morgan fingerprint density at radius 1 is 1.14 bits per heavy atom. The van der Waals surface area contributed by atoms with E-state index in [4.69, 9.17) is 10.5 Å². The molecule has 0 amide bonds. The highest BCUT2D eigenvalue weighted by Gasteiger charge is 2.02. The maximum Gasteiger partial charge on any atom is 0.237 e. The van der Waals surface area contributed by atoms with Gasteiger partial charge in [-0.2, -0.15) is 9.98 Å². The summed E-state index contributed by atoms with van der Waals surface area (Å²) in [5.41, 5.74) is 0. The molecule has 0 heterocycles. The molecule has 0 saturated heterocycles. The molecule has 0 aliphatic heterocycles. The van der Waals surface area contributed by atoms with Gasteiger partial charge in [0.25, 0.3) is 0 Å². The number of hydrogen-bond donors (Lipinski definition) is 2. The molecule has 6 heteroatoms. The van der Waals surface area contributed by atoms with Gasteiger partial charge in [-0.15, -0.1) is 0 Å². The van der Waals surface area contributed by atoms with Crippen molar-refractivity contribution >= 4 is 12.2 Å². The molecule has 0 aliphatic carbocycles. The van der Waals surface area contributed by atoms with Crippen LogP contribution in [0.4, 0.5) is 0 Å². The van der Waals surface area contributed by atoms with Crippen molar-refractivity contribution in [2.45, 2.75) is 38.8 Å². The molecule has 0 saturated carbocycles. The van der Waals surface area contributed by atoms with E-state index >= 15 is 0 Å². The van der Waals surface area contributed by atoms with Crippen LogP contribution in [-0.2, 0) is 9.59 Å². The lowest BCUT2D eigenvalue weighted by atomic mass is 10.2. The number of carbonyl (C=O) groups excluding carboxylic acids is 2. The van der Waals surface area contributed by atoms with Crippen LogP contribution in [0.25, 0.3) is 0 Å². The van der Waals surface area contributed by atoms with Crippen molar-refractivity contribution in [3.05, 3.63) is 0 Å². The summed E-state index contributed by atoms with van der Waals surface area (Å²) >= 11 is 0. The van der Waals surface area contributed by atoms with Crippen LogP contribution in [0.15, 0.2) is 9.98 Å². The molecule has 0 aliphatic rings. The van der Waals surface area contributed by atoms with Crippen LogP contribution in [0.5, 0.6) is 0 Å². The quantitative estimate of drug-likeness (QED) is 0.224. The van der Waals surface area contributed by atoms with Gasteiger partial charge in [0.15, 0.2) is 6.17 Å². The van der Waals surface area contributed by atoms with Gasteiger partial charge in [0.05, 0.1) is 0 Å². The van der Waals surface area contributed by atoms with Gasteiger partial charge in [-0.05, 0) is 12.8 Å². The average Bonchev–Trinajstić information content (AvgIpc) is 2.22. The number of isocyanates is 2. The predicted octanol–water partition coefficient (Wildman–Crippen LogP) is 1.58. The topological polar surface area (TPSA) is 99.3 Å². The van der Waals surface area contributed by atoms with Crippen molar-refractivity contribution in [3.8, 4) is 0 Å². The molecule has 0 rings (SSSR count). The molecule has 0 atom stereocenters. The molecular formula is C8H14N2O4. The lowest BCUT2D eigenvalue weighted by Crippen LogP contribution is -1.99. The Kier molecular flexibility index (Phi) is 15.4. The second kappa shape index (κ2) is 14.2. The van der Waals surface area contributed by atoms with Crippen LogP contribution >= 0.6 is 0 Å². The standard InChI is InChI=1S/C8H12N2O2.H2O2/c1-2-3-4-5-8(9-6-11)10-7-12;1-2/h8H,2-5H2,1H3;1-2H. The molecule has 2 N–H and O–H groups in total. The first-order chi connectivity index (χ1) is 6.85. The minimum absolute atomic E-state index is 0.563. The zero-order valence-electron chi connectivity index (χ0n) is 8.01. The molecule has 0 aromatic heterocycles. The molecule has 80 valence electrons. The molecule has 0 radical (unpaired) electrons. The maximum absolute atomic E-state index is 9.84. The molecule has 0 bridgehead atoms. The maximum atomic E-state index is 9.84. The number of aliphatic imine (C=N–C) groups is 2.